The first kappa shape index (κ1) is 61.9. The largest absolute Gasteiger partial charge is 0.456 e. The standard InChI is InChI=1S/C94H87NO2/c1-5-7-9-11-13-21-55-93(56-22-14-12-10-8-6-2)86-57-65(4)31-50-78(86)79-51-42-73(60-87(79)93)68-36-34-67(35-37-68)63-94(62-66-32-29-64(3)30-33-66)85-26-18-15-23-77(85)80-52-49-76(61-88(80)94)95(74-45-38-69(39-46-74)71-43-53-91-83(58-71)81-24-16-19-27-89(81)96-91)75-47-40-70(41-48-75)72-44-54-92-84(59-72)82-25-17-20-28-90(82)97-92/h15-20,23-54,57-61H,5-14,21-22,55-56,62-63H2,1-4H3. The van der Waals surface area contributed by atoms with Gasteiger partial charge in [-0.25, -0.2) is 0 Å². The average molecular weight is 1260 g/mol. The van der Waals surface area contributed by atoms with Gasteiger partial charge in [0, 0.05) is 49.4 Å². The minimum atomic E-state index is -0.395. The van der Waals surface area contributed by atoms with Crippen LogP contribution in [0.1, 0.15) is 148 Å². The van der Waals surface area contributed by atoms with Crippen molar-refractivity contribution in [1.82, 2.24) is 0 Å². The van der Waals surface area contributed by atoms with Gasteiger partial charge in [-0.1, -0.05) is 284 Å². The minimum Gasteiger partial charge on any atom is -0.456 e. The first-order chi connectivity index (χ1) is 47.7. The predicted molar refractivity (Wildman–Crippen MR) is 410 cm³/mol. The summed E-state index contributed by atoms with van der Waals surface area (Å²) in [6.45, 7) is 9.16. The molecule has 16 rings (SSSR count). The lowest BCUT2D eigenvalue weighted by Crippen LogP contribution is -2.31. The van der Waals surface area contributed by atoms with Crippen LogP contribution < -0.4 is 4.90 Å². The monoisotopic (exact) mass is 1260 g/mol. The van der Waals surface area contributed by atoms with Crippen LogP contribution in [0.2, 0.25) is 0 Å². The van der Waals surface area contributed by atoms with Crippen molar-refractivity contribution >= 4 is 60.9 Å². The lowest BCUT2D eigenvalue weighted by molar-refractivity contribution is 0.398. The molecule has 0 N–H and O–H groups in total. The van der Waals surface area contributed by atoms with Crippen molar-refractivity contribution in [2.24, 2.45) is 0 Å². The minimum absolute atomic E-state index is 0.0217. The van der Waals surface area contributed by atoms with E-state index in [2.05, 4.69) is 281 Å². The number of nitrogens with zero attached hydrogens (tertiary/aromatic N) is 1. The van der Waals surface area contributed by atoms with Crippen molar-refractivity contribution in [3.63, 3.8) is 0 Å². The molecule has 0 fully saturated rings. The Morgan fingerprint density at radius 1 is 0.278 bits per heavy atom. The zero-order chi connectivity index (χ0) is 65.5. The molecule has 2 aliphatic carbocycles. The predicted octanol–water partition coefficient (Wildman–Crippen LogP) is 27.1. The van der Waals surface area contributed by atoms with Gasteiger partial charge in [-0.15, -0.1) is 0 Å². The van der Waals surface area contributed by atoms with Crippen molar-refractivity contribution in [3.05, 3.63) is 305 Å². The van der Waals surface area contributed by atoms with Crippen molar-refractivity contribution in [3.8, 4) is 55.6 Å². The number of hydrogen-bond donors (Lipinski definition) is 0. The second-order valence-corrected chi connectivity index (χ2v) is 28.4. The van der Waals surface area contributed by atoms with Gasteiger partial charge in [-0.2, -0.15) is 0 Å². The molecule has 0 saturated carbocycles. The Morgan fingerprint density at radius 3 is 1.24 bits per heavy atom. The highest BCUT2D eigenvalue weighted by atomic mass is 16.3. The van der Waals surface area contributed by atoms with Crippen molar-refractivity contribution in [2.45, 2.75) is 141 Å². The van der Waals surface area contributed by atoms with Crippen molar-refractivity contribution in [2.75, 3.05) is 4.90 Å². The van der Waals surface area contributed by atoms with Gasteiger partial charge >= 0.3 is 0 Å². The molecule has 1 unspecified atom stereocenters. The van der Waals surface area contributed by atoms with Gasteiger partial charge in [-0.05, 0) is 207 Å². The maximum atomic E-state index is 6.27. The number of fused-ring (bicyclic) bond motifs is 12. The van der Waals surface area contributed by atoms with E-state index < -0.39 is 5.41 Å². The summed E-state index contributed by atoms with van der Waals surface area (Å²) in [5, 5.41) is 4.52. The second kappa shape index (κ2) is 26.6. The molecule has 12 aromatic carbocycles. The van der Waals surface area contributed by atoms with Gasteiger partial charge < -0.3 is 13.7 Å². The highest BCUT2D eigenvalue weighted by Crippen LogP contribution is 2.57. The Labute approximate surface area is 573 Å². The second-order valence-electron chi connectivity index (χ2n) is 28.4. The van der Waals surface area contributed by atoms with Crippen molar-refractivity contribution < 1.29 is 8.83 Å². The maximum absolute atomic E-state index is 6.27. The summed E-state index contributed by atoms with van der Waals surface area (Å²) in [6.07, 6.45) is 19.9. The number of unbranched alkanes of at least 4 members (excludes halogenated alkanes) is 10. The summed E-state index contributed by atoms with van der Waals surface area (Å²) >= 11 is 0. The Bertz CT molecular complexity index is 4980. The molecule has 0 bridgehead atoms. The van der Waals surface area contributed by atoms with Gasteiger partial charge in [0.15, 0.2) is 0 Å². The number of para-hydroxylation sites is 2. The first-order valence-electron chi connectivity index (χ1n) is 36.2. The highest BCUT2D eigenvalue weighted by Gasteiger charge is 2.45. The van der Waals surface area contributed by atoms with Crippen LogP contribution in [0.3, 0.4) is 0 Å². The van der Waals surface area contributed by atoms with Crippen LogP contribution in [0, 0.1) is 13.8 Å². The molecule has 3 nitrogen and oxygen atoms in total. The van der Waals surface area contributed by atoms with E-state index in [0.717, 1.165) is 96.0 Å². The summed E-state index contributed by atoms with van der Waals surface area (Å²) in [5.74, 6) is 0. The van der Waals surface area contributed by atoms with E-state index in [4.69, 9.17) is 8.83 Å². The fourth-order valence-corrected chi connectivity index (χ4v) is 17.0. The molecule has 480 valence electrons. The third-order valence-corrected chi connectivity index (χ3v) is 22.0. The first-order valence-corrected chi connectivity index (χ1v) is 36.2. The Kier molecular flexibility index (Phi) is 16.9. The van der Waals surface area contributed by atoms with Crippen LogP contribution in [-0.4, -0.2) is 0 Å². The third kappa shape index (κ3) is 11.7. The van der Waals surface area contributed by atoms with Gasteiger partial charge in [0.25, 0.3) is 0 Å². The summed E-state index contributed by atoms with van der Waals surface area (Å²) in [7, 11) is 0. The number of furan rings is 2. The summed E-state index contributed by atoms with van der Waals surface area (Å²) in [6, 6.07) is 98.8. The van der Waals surface area contributed by atoms with Gasteiger partial charge in [0.05, 0.1) is 0 Å². The lowest BCUT2D eigenvalue weighted by atomic mass is 9.69. The number of aryl methyl sites for hydroxylation is 2. The van der Waals surface area contributed by atoms with Crippen LogP contribution >= 0.6 is 0 Å². The average Bonchev–Trinajstić information content (AvgIpc) is 1.57. The molecular weight excluding hydrogens is 1180 g/mol. The third-order valence-electron chi connectivity index (χ3n) is 22.0. The molecule has 0 saturated heterocycles. The van der Waals surface area contributed by atoms with Crippen LogP contribution in [0.5, 0.6) is 0 Å². The van der Waals surface area contributed by atoms with Crippen molar-refractivity contribution in [1.29, 1.82) is 0 Å². The molecular formula is C94H87NO2. The summed E-state index contributed by atoms with van der Waals surface area (Å²) < 4.78 is 12.5. The molecule has 3 heteroatoms. The summed E-state index contributed by atoms with van der Waals surface area (Å²) in [4.78, 5) is 2.47. The van der Waals surface area contributed by atoms with Gasteiger partial charge in [0.1, 0.15) is 22.3 Å². The van der Waals surface area contributed by atoms with Crippen LogP contribution in [0.25, 0.3) is 99.5 Å². The van der Waals surface area contributed by atoms with E-state index in [0.29, 0.717) is 0 Å². The molecule has 14 aromatic rings. The Morgan fingerprint density at radius 2 is 0.670 bits per heavy atom. The fraction of sp³-hybridized carbons (Fsp3) is 0.234. The fourth-order valence-electron chi connectivity index (χ4n) is 17.0. The molecule has 2 heterocycles. The number of hydrogen-bond acceptors (Lipinski definition) is 3. The van der Waals surface area contributed by atoms with E-state index in [-0.39, 0.29) is 5.41 Å². The molecule has 0 radical (unpaired) electrons. The van der Waals surface area contributed by atoms with Crippen LogP contribution in [0.4, 0.5) is 17.1 Å². The van der Waals surface area contributed by atoms with Crippen LogP contribution in [0.15, 0.2) is 270 Å². The number of rotatable bonds is 24. The quantitative estimate of drug-likeness (QED) is 0.0565. The van der Waals surface area contributed by atoms with Gasteiger partial charge in [-0.3, -0.25) is 0 Å². The normalized spacial score (nSPS) is 14.4. The van der Waals surface area contributed by atoms with E-state index in [1.807, 2.05) is 12.1 Å². The number of anilines is 3. The highest BCUT2D eigenvalue weighted by molar-refractivity contribution is 6.07. The lowest BCUT2D eigenvalue weighted by Gasteiger charge is -2.34. The number of benzene rings is 12. The molecule has 0 spiro atoms. The van der Waals surface area contributed by atoms with E-state index >= 15 is 0 Å². The molecule has 0 aliphatic heterocycles. The van der Waals surface area contributed by atoms with E-state index in [1.165, 1.54) is 157 Å². The van der Waals surface area contributed by atoms with E-state index in [1.54, 1.807) is 11.1 Å². The zero-order valence-electron chi connectivity index (χ0n) is 56.9. The molecule has 2 aliphatic rings. The summed E-state index contributed by atoms with van der Waals surface area (Å²) in [5.41, 5.74) is 30.5. The Balaban J connectivity index is 0.781. The van der Waals surface area contributed by atoms with Crippen LogP contribution in [-0.2, 0) is 23.7 Å². The molecule has 97 heavy (non-hydrogen) atoms. The topological polar surface area (TPSA) is 29.5 Å². The zero-order valence-corrected chi connectivity index (χ0v) is 56.9. The van der Waals surface area contributed by atoms with E-state index in [9.17, 15) is 0 Å². The Hall–Kier alpha value is -9.96. The maximum Gasteiger partial charge on any atom is 0.135 e. The SMILES string of the molecule is CCCCCCCCC1(CCCCCCCC)c2cc(C)ccc2-c2ccc(-c3ccc(CC4(Cc5ccc(C)cc5)c5ccccc5-c5ccc(N(c6ccc(-c7ccc8oc9ccccc9c8c7)cc6)c6ccc(-c7ccc8oc9ccccc9c8c7)cc6)cc54)cc3)cc21. The molecule has 2 aromatic heterocycles. The van der Waals surface area contributed by atoms with Gasteiger partial charge in [0.2, 0.25) is 0 Å². The molecule has 1 atom stereocenters. The smallest absolute Gasteiger partial charge is 0.135 e. The molecule has 0 amide bonds.